The fourth-order valence-corrected chi connectivity index (χ4v) is 3.52. The van der Waals surface area contributed by atoms with Crippen molar-refractivity contribution in [2.45, 2.75) is 110 Å². The number of allylic oxidation sites excluding steroid dienone is 2. The van der Waals surface area contributed by atoms with E-state index in [-0.39, 0.29) is 5.91 Å². The van der Waals surface area contributed by atoms with Crippen molar-refractivity contribution in [3.05, 3.63) is 42.0 Å². The number of hydrogen-bond donors (Lipinski definition) is 1. The molecule has 1 aromatic carbocycles. The molecule has 0 aromatic heterocycles. The number of nitrogens with one attached hydrogen (secondary N) is 1. The Kier molecular flexibility index (Phi) is 15.3. The van der Waals surface area contributed by atoms with Gasteiger partial charge >= 0.3 is 0 Å². The highest BCUT2D eigenvalue weighted by molar-refractivity contribution is 5.91. The minimum atomic E-state index is 0.151. The zero-order valence-electron chi connectivity index (χ0n) is 18.5. The summed E-state index contributed by atoms with van der Waals surface area (Å²) in [7, 11) is 0. The molecule has 0 aliphatic heterocycles. The smallest absolute Gasteiger partial charge is 0.224 e. The van der Waals surface area contributed by atoms with Gasteiger partial charge in [-0.25, -0.2) is 0 Å². The van der Waals surface area contributed by atoms with Gasteiger partial charge in [-0.05, 0) is 50.2 Å². The van der Waals surface area contributed by atoms with Crippen LogP contribution in [0.5, 0.6) is 0 Å². The molecule has 28 heavy (non-hydrogen) atoms. The third kappa shape index (κ3) is 12.8. The molecule has 1 aromatic rings. The average molecular weight is 386 g/mol. The molecule has 0 radical (unpaired) electrons. The molecule has 0 spiro atoms. The molecule has 0 heterocycles. The second-order valence-electron chi connectivity index (χ2n) is 7.89. The summed E-state index contributed by atoms with van der Waals surface area (Å²) in [5, 5.41) is 3.06. The molecule has 0 fully saturated rings. The maximum atomic E-state index is 12.1. The van der Waals surface area contributed by atoms with Crippen molar-refractivity contribution in [3.63, 3.8) is 0 Å². The topological polar surface area (TPSA) is 29.1 Å². The van der Waals surface area contributed by atoms with Crippen LogP contribution >= 0.6 is 0 Å². The van der Waals surface area contributed by atoms with Crippen LogP contribution in [0.4, 0.5) is 5.69 Å². The highest BCUT2D eigenvalue weighted by Crippen LogP contribution is 2.16. The van der Waals surface area contributed by atoms with E-state index in [2.05, 4.69) is 37.4 Å². The number of amides is 1. The van der Waals surface area contributed by atoms with E-state index in [0.717, 1.165) is 24.9 Å². The van der Waals surface area contributed by atoms with Gasteiger partial charge in [0.15, 0.2) is 0 Å². The molecule has 0 aliphatic rings. The first-order chi connectivity index (χ1) is 13.8. The molecule has 0 saturated carbocycles. The van der Waals surface area contributed by atoms with Gasteiger partial charge in [-0.15, -0.1) is 0 Å². The predicted octanol–water partition coefficient (Wildman–Crippen LogP) is 8.23. The molecule has 0 bridgehead atoms. The van der Waals surface area contributed by atoms with Crippen molar-refractivity contribution in [3.8, 4) is 0 Å². The van der Waals surface area contributed by atoms with Crippen LogP contribution < -0.4 is 5.32 Å². The first-order valence-electron chi connectivity index (χ1n) is 11.8. The number of para-hydroxylation sites is 1. The maximum absolute atomic E-state index is 12.1. The van der Waals surface area contributed by atoms with Crippen LogP contribution in [-0.2, 0) is 11.2 Å². The zero-order chi connectivity index (χ0) is 20.3. The van der Waals surface area contributed by atoms with Gasteiger partial charge in [0, 0.05) is 12.1 Å². The van der Waals surface area contributed by atoms with Gasteiger partial charge in [-0.3, -0.25) is 4.79 Å². The van der Waals surface area contributed by atoms with Gasteiger partial charge in [-0.1, -0.05) is 95.6 Å². The third-order valence-corrected chi connectivity index (χ3v) is 5.34. The number of aryl methyl sites for hydroxylation is 1. The van der Waals surface area contributed by atoms with Crippen LogP contribution in [0.15, 0.2) is 36.4 Å². The maximum Gasteiger partial charge on any atom is 0.224 e. The SMILES string of the molecule is CCCCCCCC/C=C/CCCCCCCC(=O)Nc1ccccc1CC. The number of benzene rings is 1. The van der Waals surface area contributed by atoms with Crippen molar-refractivity contribution in [2.24, 2.45) is 0 Å². The van der Waals surface area contributed by atoms with Crippen LogP contribution in [-0.4, -0.2) is 5.91 Å². The molecule has 0 unspecified atom stereocenters. The molecule has 0 aliphatic carbocycles. The molecule has 1 amide bonds. The van der Waals surface area contributed by atoms with E-state index in [1.165, 1.54) is 76.2 Å². The fraction of sp³-hybridized carbons (Fsp3) is 0.654. The normalized spacial score (nSPS) is 11.2. The lowest BCUT2D eigenvalue weighted by Gasteiger charge is -2.09. The van der Waals surface area contributed by atoms with Crippen LogP contribution in [0.3, 0.4) is 0 Å². The minimum absolute atomic E-state index is 0.151. The van der Waals surface area contributed by atoms with Gasteiger partial charge in [-0.2, -0.15) is 0 Å². The molecule has 1 N–H and O–H groups in total. The summed E-state index contributed by atoms with van der Waals surface area (Å²) in [6.45, 7) is 4.39. The van der Waals surface area contributed by atoms with Gasteiger partial charge in [0.05, 0.1) is 0 Å². The highest BCUT2D eigenvalue weighted by Gasteiger charge is 2.05. The standard InChI is InChI=1S/C26H43NO/c1-3-5-6-7-8-9-10-11-12-13-14-15-16-17-18-23-26(28)27-25-22-20-19-21-24(25)4-2/h11-12,19-22H,3-10,13-18,23H2,1-2H3,(H,27,28)/b12-11+. The van der Waals surface area contributed by atoms with E-state index < -0.39 is 0 Å². The Morgan fingerprint density at radius 3 is 2.00 bits per heavy atom. The quantitative estimate of drug-likeness (QED) is 0.212. The Hall–Kier alpha value is -1.57. The van der Waals surface area contributed by atoms with Gasteiger partial charge < -0.3 is 5.32 Å². The summed E-state index contributed by atoms with van der Waals surface area (Å²) in [4.78, 5) is 12.1. The lowest BCUT2D eigenvalue weighted by molar-refractivity contribution is -0.116. The van der Waals surface area contributed by atoms with E-state index in [1.807, 2.05) is 18.2 Å². The first kappa shape index (κ1) is 24.5. The summed E-state index contributed by atoms with van der Waals surface area (Å²) >= 11 is 0. The summed E-state index contributed by atoms with van der Waals surface area (Å²) in [5.41, 5.74) is 2.18. The number of anilines is 1. The largest absolute Gasteiger partial charge is 0.326 e. The second kappa shape index (κ2) is 17.5. The van der Waals surface area contributed by atoms with Gasteiger partial charge in [0.1, 0.15) is 0 Å². The molecular weight excluding hydrogens is 342 g/mol. The number of carbonyl (C=O) groups excluding carboxylic acids is 1. The summed E-state index contributed by atoms with van der Waals surface area (Å²) in [6.07, 6.45) is 23.0. The van der Waals surface area contributed by atoms with Crippen LogP contribution in [0.25, 0.3) is 0 Å². The fourth-order valence-electron chi connectivity index (χ4n) is 3.52. The van der Waals surface area contributed by atoms with Crippen LogP contribution in [0, 0.1) is 0 Å². The van der Waals surface area contributed by atoms with E-state index in [9.17, 15) is 4.79 Å². The average Bonchev–Trinajstić information content (AvgIpc) is 2.71. The Morgan fingerprint density at radius 1 is 0.786 bits per heavy atom. The first-order valence-corrected chi connectivity index (χ1v) is 11.8. The monoisotopic (exact) mass is 385 g/mol. The highest BCUT2D eigenvalue weighted by atomic mass is 16.1. The Balaban J connectivity index is 1.92. The summed E-state index contributed by atoms with van der Waals surface area (Å²) in [6, 6.07) is 8.09. The molecule has 2 heteroatoms. The van der Waals surface area contributed by atoms with E-state index in [1.54, 1.807) is 0 Å². The Labute approximate surface area is 174 Å². The van der Waals surface area contributed by atoms with Crippen molar-refractivity contribution in [2.75, 3.05) is 5.32 Å². The Morgan fingerprint density at radius 2 is 1.36 bits per heavy atom. The number of rotatable bonds is 17. The Bertz CT molecular complexity index is 535. The van der Waals surface area contributed by atoms with Crippen molar-refractivity contribution in [1.29, 1.82) is 0 Å². The third-order valence-electron chi connectivity index (χ3n) is 5.34. The summed E-state index contributed by atoms with van der Waals surface area (Å²) < 4.78 is 0. The van der Waals surface area contributed by atoms with Crippen LogP contribution in [0.1, 0.15) is 109 Å². The van der Waals surface area contributed by atoms with E-state index in [4.69, 9.17) is 0 Å². The number of carbonyl (C=O) groups is 1. The number of hydrogen-bond acceptors (Lipinski definition) is 1. The van der Waals surface area contributed by atoms with Crippen molar-refractivity contribution < 1.29 is 4.79 Å². The molecule has 0 saturated heterocycles. The second-order valence-corrected chi connectivity index (χ2v) is 7.89. The molecule has 1 rings (SSSR count). The van der Waals surface area contributed by atoms with E-state index in [0.29, 0.717) is 6.42 Å². The molecular formula is C26H43NO. The minimum Gasteiger partial charge on any atom is -0.326 e. The number of unbranched alkanes of at least 4 members (excludes halogenated alkanes) is 11. The molecule has 158 valence electrons. The summed E-state index contributed by atoms with van der Waals surface area (Å²) in [5.74, 6) is 0.151. The van der Waals surface area contributed by atoms with Gasteiger partial charge in [0.25, 0.3) is 0 Å². The van der Waals surface area contributed by atoms with Gasteiger partial charge in [0.2, 0.25) is 5.91 Å². The molecule has 2 nitrogen and oxygen atoms in total. The van der Waals surface area contributed by atoms with Crippen LogP contribution in [0.2, 0.25) is 0 Å². The molecule has 0 atom stereocenters. The van der Waals surface area contributed by atoms with Crippen molar-refractivity contribution >= 4 is 11.6 Å². The van der Waals surface area contributed by atoms with Crippen molar-refractivity contribution in [1.82, 2.24) is 0 Å². The van der Waals surface area contributed by atoms with E-state index >= 15 is 0 Å². The lowest BCUT2D eigenvalue weighted by Crippen LogP contribution is -2.12. The predicted molar refractivity (Wildman–Crippen MR) is 124 cm³/mol. The zero-order valence-corrected chi connectivity index (χ0v) is 18.5. The lowest BCUT2D eigenvalue weighted by atomic mass is 10.1.